The number of nitrogens with zero attached hydrogens (tertiary/aromatic N) is 1. The molecule has 7 heteroatoms. The number of anilines is 1. The van der Waals surface area contributed by atoms with Gasteiger partial charge in [-0.3, -0.25) is 4.79 Å². The lowest BCUT2D eigenvalue weighted by molar-refractivity contribution is -0.125. The summed E-state index contributed by atoms with van der Waals surface area (Å²) in [5.74, 6) is -1.26. The second kappa shape index (κ2) is 8.87. The summed E-state index contributed by atoms with van der Waals surface area (Å²) in [5, 5.41) is 3.26. The van der Waals surface area contributed by atoms with E-state index >= 15 is 0 Å². The Morgan fingerprint density at radius 1 is 1.04 bits per heavy atom. The van der Waals surface area contributed by atoms with Gasteiger partial charge in [0.05, 0.1) is 5.56 Å². The SMILES string of the molecule is Cc1ccc(NC(=O)[C@H](OC(=O)c2cccnc2Cl)c2ccccc2)cc1Cl. The second-order valence-electron chi connectivity index (χ2n) is 5.99. The third kappa shape index (κ3) is 4.68. The Labute approximate surface area is 172 Å². The monoisotopic (exact) mass is 414 g/mol. The topological polar surface area (TPSA) is 68.3 Å². The Hall–Kier alpha value is -2.89. The minimum absolute atomic E-state index is 0.00466. The fraction of sp³-hybridized carbons (Fsp3) is 0.0952. The summed E-state index contributed by atoms with van der Waals surface area (Å²) in [7, 11) is 0. The fourth-order valence-electron chi connectivity index (χ4n) is 2.49. The van der Waals surface area contributed by atoms with Gasteiger partial charge in [-0.2, -0.15) is 0 Å². The van der Waals surface area contributed by atoms with E-state index in [1.54, 1.807) is 54.6 Å². The molecule has 3 rings (SSSR count). The molecule has 0 aliphatic rings. The van der Waals surface area contributed by atoms with Gasteiger partial charge in [-0.15, -0.1) is 0 Å². The highest BCUT2D eigenvalue weighted by Gasteiger charge is 2.27. The van der Waals surface area contributed by atoms with E-state index < -0.39 is 18.0 Å². The molecule has 0 saturated heterocycles. The third-order valence-corrected chi connectivity index (χ3v) is 4.69. The van der Waals surface area contributed by atoms with Crippen molar-refractivity contribution in [3.05, 3.63) is 93.7 Å². The molecule has 1 heterocycles. The molecule has 0 aliphatic heterocycles. The molecule has 2 aromatic carbocycles. The van der Waals surface area contributed by atoms with Crippen LogP contribution < -0.4 is 5.32 Å². The first kappa shape index (κ1) is 19.9. The van der Waals surface area contributed by atoms with Crippen LogP contribution in [-0.4, -0.2) is 16.9 Å². The Kier molecular flexibility index (Phi) is 6.29. The van der Waals surface area contributed by atoms with Crippen LogP contribution in [0.1, 0.15) is 27.6 Å². The first-order valence-electron chi connectivity index (χ1n) is 8.39. The molecule has 0 fully saturated rings. The van der Waals surface area contributed by atoms with Crippen molar-refractivity contribution < 1.29 is 14.3 Å². The van der Waals surface area contributed by atoms with Crippen molar-refractivity contribution >= 4 is 40.8 Å². The number of carbonyl (C=O) groups excluding carboxylic acids is 2. The van der Waals surface area contributed by atoms with Crippen molar-refractivity contribution in [2.45, 2.75) is 13.0 Å². The molecule has 3 aromatic rings. The molecule has 5 nitrogen and oxygen atoms in total. The highest BCUT2D eigenvalue weighted by molar-refractivity contribution is 6.32. The summed E-state index contributed by atoms with van der Waals surface area (Å²) in [4.78, 5) is 29.3. The predicted molar refractivity (Wildman–Crippen MR) is 109 cm³/mol. The molecule has 0 aliphatic carbocycles. The van der Waals surface area contributed by atoms with E-state index in [0.717, 1.165) is 5.56 Å². The Balaban J connectivity index is 1.86. The van der Waals surface area contributed by atoms with E-state index in [0.29, 0.717) is 16.3 Å². The van der Waals surface area contributed by atoms with Gasteiger partial charge in [0.2, 0.25) is 6.10 Å². The van der Waals surface area contributed by atoms with Crippen molar-refractivity contribution in [1.82, 2.24) is 4.98 Å². The maximum Gasteiger partial charge on any atom is 0.342 e. The molecule has 1 aromatic heterocycles. The van der Waals surface area contributed by atoms with Gasteiger partial charge >= 0.3 is 5.97 Å². The highest BCUT2D eigenvalue weighted by atomic mass is 35.5. The lowest BCUT2D eigenvalue weighted by Crippen LogP contribution is -2.26. The molecule has 1 N–H and O–H groups in total. The second-order valence-corrected chi connectivity index (χ2v) is 6.76. The number of hydrogen-bond acceptors (Lipinski definition) is 4. The van der Waals surface area contributed by atoms with Gasteiger partial charge in [0, 0.05) is 22.5 Å². The fourth-order valence-corrected chi connectivity index (χ4v) is 2.87. The quantitative estimate of drug-likeness (QED) is 0.458. The average Bonchev–Trinajstić information content (AvgIpc) is 2.69. The number of benzene rings is 2. The zero-order chi connectivity index (χ0) is 20.1. The molecule has 0 unspecified atom stereocenters. The van der Waals surface area contributed by atoms with Crippen molar-refractivity contribution in [1.29, 1.82) is 0 Å². The molecule has 142 valence electrons. The number of nitrogens with one attached hydrogen (secondary N) is 1. The standard InChI is InChI=1S/C21H16Cl2N2O3/c1-13-9-10-15(12-17(13)22)25-20(26)18(14-6-3-2-4-7-14)28-21(27)16-8-5-11-24-19(16)23/h2-12,18H,1H3,(H,25,26)/t18-/m1/s1. The minimum Gasteiger partial charge on any atom is -0.444 e. The Morgan fingerprint density at radius 3 is 2.46 bits per heavy atom. The summed E-state index contributed by atoms with van der Waals surface area (Å²) in [6, 6.07) is 16.9. The van der Waals surface area contributed by atoms with Gasteiger partial charge in [0.1, 0.15) is 5.15 Å². The van der Waals surface area contributed by atoms with E-state index in [4.69, 9.17) is 27.9 Å². The van der Waals surface area contributed by atoms with Gasteiger partial charge in [-0.1, -0.05) is 59.6 Å². The van der Waals surface area contributed by atoms with Crippen LogP contribution in [0, 0.1) is 6.92 Å². The zero-order valence-electron chi connectivity index (χ0n) is 14.9. The van der Waals surface area contributed by atoms with E-state index in [-0.39, 0.29) is 10.7 Å². The molecule has 0 bridgehead atoms. The largest absolute Gasteiger partial charge is 0.444 e. The van der Waals surface area contributed by atoms with Crippen LogP contribution in [0.2, 0.25) is 10.2 Å². The van der Waals surface area contributed by atoms with Gasteiger partial charge in [-0.25, -0.2) is 9.78 Å². The van der Waals surface area contributed by atoms with Crippen LogP contribution >= 0.6 is 23.2 Å². The Bertz CT molecular complexity index is 1010. The smallest absolute Gasteiger partial charge is 0.342 e. The predicted octanol–water partition coefficient (Wildman–Crippen LogP) is 5.23. The van der Waals surface area contributed by atoms with Crippen molar-refractivity contribution in [2.24, 2.45) is 0 Å². The van der Waals surface area contributed by atoms with E-state index in [9.17, 15) is 9.59 Å². The number of halogens is 2. The lowest BCUT2D eigenvalue weighted by Gasteiger charge is -2.18. The van der Waals surface area contributed by atoms with Crippen LogP contribution in [0.4, 0.5) is 5.69 Å². The van der Waals surface area contributed by atoms with Gasteiger partial charge < -0.3 is 10.1 Å². The van der Waals surface area contributed by atoms with Crippen molar-refractivity contribution in [3.8, 4) is 0 Å². The number of hydrogen-bond donors (Lipinski definition) is 1. The van der Waals surface area contributed by atoms with Crippen LogP contribution in [0.25, 0.3) is 0 Å². The van der Waals surface area contributed by atoms with Crippen LogP contribution in [-0.2, 0) is 9.53 Å². The molecule has 0 saturated carbocycles. The molecule has 1 amide bonds. The van der Waals surface area contributed by atoms with Crippen molar-refractivity contribution in [3.63, 3.8) is 0 Å². The lowest BCUT2D eigenvalue weighted by atomic mass is 10.1. The summed E-state index contributed by atoms with van der Waals surface area (Å²) in [6.07, 6.45) is 0.284. The first-order valence-corrected chi connectivity index (χ1v) is 9.15. The summed E-state index contributed by atoms with van der Waals surface area (Å²) in [6.45, 7) is 1.86. The molecule has 1 atom stereocenters. The number of aromatic nitrogens is 1. The maximum absolute atomic E-state index is 12.9. The van der Waals surface area contributed by atoms with Gasteiger partial charge in [-0.05, 0) is 36.8 Å². The van der Waals surface area contributed by atoms with Crippen LogP contribution in [0.5, 0.6) is 0 Å². The Morgan fingerprint density at radius 2 is 1.79 bits per heavy atom. The molecule has 28 heavy (non-hydrogen) atoms. The number of esters is 1. The maximum atomic E-state index is 12.9. The van der Waals surface area contributed by atoms with E-state index in [1.165, 1.54) is 12.3 Å². The average molecular weight is 415 g/mol. The van der Waals surface area contributed by atoms with Gasteiger partial charge in [0.25, 0.3) is 5.91 Å². The number of rotatable bonds is 5. The zero-order valence-corrected chi connectivity index (χ0v) is 16.4. The van der Waals surface area contributed by atoms with Crippen LogP contribution in [0.15, 0.2) is 66.9 Å². The number of ether oxygens (including phenoxy) is 1. The normalized spacial score (nSPS) is 11.5. The number of amides is 1. The van der Waals surface area contributed by atoms with Gasteiger partial charge in [0.15, 0.2) is 0 Å². The van der Waals surface area contributed by atoms with Crippen LogP contribution in [0.3, 0.4) is 0 Å². The molecular formula is C21H16Cl2N2O3. The van der Waals surface area contributed by atoms with Crippen molar-refractivity contribution in [2.75, 3.05) is 5.32 Å². The number of pyridine rings is 1. The third-order valence-electron chi connectivity index (χ3n) is 3.98. The highest BCUT2D eigenvalue weighted by Crippen LogP contribution is 2.25. The summed E-state index contributed by atoms with van der Waals surface area (Å²) < 4.78 is 5.48. The molecule has 0 spiro atoms. The van der Waals surface area contributed by atoms with E-state index in [2.05, 4.69) is 10.3 Å². The molecular weight excluding hydrogens is 399 g/mol. The number of carbonyl (C=O) groups is 2. The van der Waals surface area contributed by atoms with E-state index in [1.807, 2.05) is 6.92 Å². The summed E-state index contributed by atoms with van der Waals surface area (Å²) >= 11 is 12.1. The molecule has 0 radical (unpaired) electrons. The summed E-state index contributed by atoms with van der Waals surface area (Å²) in [5.41, 5.74) is 1.98. The first-order chi connectivity index (χ1) is 13.5. The minimum atomic E-state index is -1.18. The number of aryl methyl sites for hydroxylation is 1.